The van der Waals surface area contributed by atoms with Gasteiger partial charge in [-0.2, -0.15) is 26.3 Å². The number of nitrogens with zero attached hydrogens (tertiary/aromatic N) is 1. The molecule has 2 aromatic rings. The fourth-order valence-electron chi connectivity index (χ4n) is 4.84. The van der Waals surface area contributed by atoms with Crippen molar-refractivity contribution in [2.75, 3.05) is 13.7 Å². The molecule has 13 heteroatoms. The van der Waals surface area contributed by atoms with Crippen LogP contribution in [0, 0.1) is 11.7 Å². The molecule has 2 aromatic carbocycles. The molecule has 0 aromatic heterocycles. The van der Waals surface area contributed by atoms with Gasteiger partial charge in [0, 0.05) is 12.0 Å². The first-order valence-corrected chi connectivity index (χ1v) is 11.8. The highest BCUT2D eigenvalue weighted by molar-refractivity contribution is 5.72. The summed E-state index contributed by atoms with van der Waals surface area (Å²) in [7, 11) is 1.16. The van der Waals surface area contributed by atoms with Crippen LogP contribution >= 0.6 is 0 Å². The van der Waals surface area contributed by atoms with Gasteiger partial charge in [-0.05, 0) is 54.8 Å². The molecule has 1 unspecified atom stereocenters. The van der Waals surface area contributed by atoms with E-state index in [1.807, 2.05) is 0 Å². The van der Waals surface area contributed by atoms with Crippen molar-refractivity contribution in [3.63, 3.8) is 0 Å². The lowest BCUT2D eigenvalue weighted by Gasteiger charge is -2.29. The molecule has 3 rings (SSSR count). The molecule has 1 aliphatic heterocycles. The molecule has 1 saturated heterocycles. The second-order valence-electron chi connectivity index (χ2n) is 9.40. The maximum absolute atomic E-state index is 13.7. The summed E-state index contributed by atoms with van der Waals surface area (Å²) in [5, 5.41) is 9.87. The summed E-state index contributed by atoms with van der Waals surface area (Å²) in [6.45, 7) is 2.48. The average Bonchev–Trinajstić information content (AvgIpc) is 3.20. The summed E-state index contributed by atoms with van der Waals surface area (Å²) in [4.78, 5) is 25.2. The average molecular weight is 565 g/mol. The Kier molecular flexibility index (Phi) is 8.83. The van der Waals surface area contributed by atoms with Crippen LogP contribution in [-0.4, -0.2) is 47.9 Å². The number of likely N-dealkylation sites (tertiary alicyclic amines) is 1. The van der Waals surface area contributed by atoms with Crippen LogP contribution in [0.3, 0.4) is 0 Å². The van der Waals surface area contributed by atoms with Crippen molar-refractivity contribution in [2.45, 2.75) is 56.8 Å². The van der Waals surface area contributed by atoms with Gasteiger partial charge in [0.2, 0.25) is 0 Å². The van der Waals surface area contributed by atoms with Gasteiger partial charge in [0.05, 0.1) is 42.9 Å². The first kappa shape index (κ1) is 30.2. The molecule has 5 atom stereocenters. The van der Waals surface area contributed by atoms with Crippen LogP contribution < -0.4 is 0 Å². The third-order valence-electron chi connectivity index (χ3n) is 6.75. The molecule has 1 fully saturated rings. The van der Waals surface area contributed by atoms with E-state index in [0.717, 1.165) is 24.1 Å². The Morgan fingerprint density at radius 2 is 1.54 bits per heavy atom. The number of carbonyl (C=O) groups is 2. The Morgan fingerprint density at radius 3 is 2.00 bits per heavy atom. The van der Waals surface area contributed by atoms with Crippen molar-refractivity contribution in [1.82, 2.24) is 4.90 Å². The van der Waals surface area contributed by atoms with Crippen molar-refractivity contribution in [2.24, 2.45) is 5.92 Å². The summed E-state index contributed by atoms with van der Waals surface area (Å²) in [6, 6.07) is 5.23. The lowest BCUT2D eigenvalue weighted by atomic mass is 9.85. The van der Waals surface area contributed by atoms with Crippen molar-refractivity contribution in [3.8, 4) is 0 Å². The van der Waals surface area contributed by atoms with E-state index < -0.39 is 77.0 Å². The normalized spacial score (nSPS) is 21.5. The Labute approximate surface area is 219 Å². The number of esters is 1. The van der Waals surface area contributed by atoms with E-state index in [1.165, 1.54) is 26.0 Å². The number of carbonyl (C=O) groups excluding carboxylic acids is 1. The van der Waals surface area contributed by atoms with Crippen LogP contribution in [0.15, 0.2) is 42.5 Å². The fourth-order valence-corrected chi connectivity index (χ4v) is 4.84. The van der Waals surface area contributed by atoms with Crippen molar-refractivity contribution >= 4 is 12.1 Å². The van der Waals surface area contributed by atoms with E-state index in [-0.39, 0.29) is 19.0 Å². The van der Waals surface area contributed by atoms with Gasteiger partial charge in [-0.15, -0.1) is 0 Å². The van der Waals surface area contributed by atoms with E-state index in [2.05, 4.69) is 0 Å². The highest BCUT2D eigenvalue weighted by atomic mass is 19.4. The van der Waals surface area contributed by atoms with Gasteiger partial charge < -0.3 is 19.5 Å². The third-order valence-corrected chi connectivity index (χ3v) is 6.75. The second-order valence-corrected chi connectivity index (χ2v) is 9.40. The summed E-state index contributed by atoms with van der Waals surface area (Å²) < 4.78 is 105. The lowest BCUT2D eigenvalue weighted by molar-refractivity contribution is -0.146. The molecule has 0 aliphatic carbocycles. The van der Waals surface area contributed by atoms with Crippen LogP contribution in [0.5, 0.6) is 0 Å². The van der Waals surface area contributed by atoms with Crippen LogP contribution in [0.1, 0.15) is 54.5 Å². The number of halogens is 7. The molecular formula is C26H26F7NO5. The molecule has 39 heavy (non-hydrogen) atoms. The minimum Gasteiger partial charge on any atom is -0.469 e. The minimum atomic E-state index is -5.06. The Bertz CT molecular complexity index is 1150. The van der Waals surface area contributed by atoms with Gasteiger partial charge in [-0.25, -0.2) is 9.18 Å². The van der Waals surface area contributed by atoms with Gasteiger partial charge in [-0.1, -0.05) is 19.1 Å². The van der Waals surface area contributed by atoms with Gasteiger partial charge in [0.1, 0.15) is 5.82 Å². The smallest absolute Gasteiger partial charge is 0.416 e. The SMILES string of the molecule is COC(=O)C(C)C[C@H]1[C@H](c2ccc(F)cc2)[C@@H](O[C@H](C)c2cc(C(F)(F)F)cc(C(F)(F)F)c2)CN1C(=O)O. The van der Waals surface area contributed by atoms with Gasteiger partial charge in [0.25, 0.3) is 0 Å². The van der Waals surface area contributed by atoms with Gasteiger partial charge in [-0.3, -0.25) is 4.79 Å². The first-order chi connectivity index (χ1) is 18.0. The number of hydrogen-bond acceptors (Lipinski definition) is 4. The molecule has 0 saturated carbocycles. The zero-order chi connectivity index (χ0) is 29.3. The van der Waals surface area contributed by atoms with E-state index in [9.17, 15) is 45.4 Å². The molecule has 1 amide bonds. The maximum atomic E-state index is 13.7. The number of methoxy groups -OCH3 is 1. The number of rotatable bonds is 7. The topological polar surface area (TPSA) is 76.1 Å². The molecular weight excluding hydrogens is 539 g/mol. The Morgan fingerprint density at radius 1 is 1.00 bits per heavy atom. The highest BCUT2D eigenvalue weighted by Gasteiger charge is 2.47. The van der Waals surface area contributed by atoms with Crippen molar-refractivity contribution in [1.29, 1.82) is 0 Å². The molecule has 1 N–H and O–H groups in total. The maximum Gasteiger partial charge on any atom is 0.416 e. The highest BCUT2D eigenvalue weighted by Crippen LogP contribution is 2.42. The minimum absolute atomic E-state index is 0.00347. The summed E-state index contributed by atoms with van der Waals surface area (Å²) in [5.74, 6) is -2.79. The monoisotopic (exact) mass is 565 g/mol. The zero-order valence-electron chi connectivity index (χ0n) is 21.0. The number of benzene rings is 2. The number of amides is 1. The number of hydrogen-bond donors (Lipinski definition) is 1. The molecule has 0 bridgehead atoms. The molecule has 214 valence electrons. The fraction of sp³-hybridized carbons (Fsp3) is 0.462. The van der Waals surface area contributed by atoms with Gasteiger partial charge >= 0.3 is 24.4 Å². The number of carboxylic acid groups (broad SMARTS) is 1. The van der Waals surface area contributed by atoms with Crippen molar-refractivity contribution < 1.29 is 54.9 Å². The Balaban J connectivity index is 2.03. The summed E-state index contributed by atoms with van der Waals surface area (Å²) in [5.41, 5.74) is -3.02. The zero-order valence-corrected chi connectivity index (χ0v) is 21.0. The van der Waals surface area contributed by atoms with E-state index in [1.54, 1.807) is 0 Å². The van der Waals surface area contributed by atoms with Crippen LogP contribution in [0.2, 0.25) is 0 Å². The summed E-state index contributed by atoms with van der Waals surface area (Å²) in [6.07, 6.45) is -13.9. The van der Waals surface area contributed by atoms with E-state index in [4.69, 9.17) is 9.47 Å². The van der Waals surface area contributed by atoms with Gasteiger partial charge in [0.15, 0.2) is 0 Å². The lowest BCUT2D eigenvalue weighted by Crippen LogP contribution is -2.38. The largest absolute Gasteiger partial charge is 0.469 e. The molecule has 1 aliphatic rings. The van der Waals surface area contributed by atoms with E-state index in [0.29, 0.717) is 17.7 Å². The molecule has 1 heterocycles. The van der Waals surface area contributed by atoms with Crippen molar-refractivity contribution in [3.05, 3.63) is 70.5 Å². The van der Waals surface area contributed by atoms with Crippen LogP contribution in [-0.2, 0) is 26.6 Å². The molecule has 6 nitrogen and oxygen atoms in total. The van der Waals surface area contributed by atoms with E-state index >= 15 is 0 Å². The van der Waals surface area contributed by atoms with Crippen LogP contribution in [0.4, 0.5) is 35.5 Å². The number of ether oxygens (including phenoxy) is 2. The molecule has 0 spiro atoms. The third kappa shape index (κ3) is 7.00. The standard InChI is InChI=1S/C26H26F7NO5/c1-13(23(35)38-3)8-20-22(15-4-6-19(27)7-5-15)21(12-34(20)24(36)37)39-14(2)16-9-17(25(28,29)30)11-18(10-16)26(31,32)33/h4-7,9-11,13-14,20-22H,8,12H2,1-3H3,(H,36,37)/t13?,14-,20+,21+,22+/m1/s1. The number of alkyl halides is 6. The molecule has 0 radical (unpaired) electrons. The predicted molar refractivity (Wildman–Crippen MR) is 123 cm³/mol. The predicted octanol–water partition coefficient (Wildman–Crippen LogP) is 6.65. The summed E-state index contributed by atoms with van der Waals surface area (Å²) >= 11 is 0. The van der Waals surface area contributed by atoms with Crippen LogP contribution in [0.25, 0.3) is 0 Å². The first-order valence-electron chi connectivity index (χ1n) is 11.8. The Hall–Kier alpha value is -3.35. The quantitative estimate of drug-likeness (QED) is 0.300. The second kappa shape index (κ2) is 11.4.